The molecule has 0 aromatic heterocycles. The molecule has 0 fully saturated rings. The lowest BCUT2D eigenvalue weighted by Gasteiger charge is -2.11. The molecule has 2 nitrogen and oxygen atoms in total. The van der Waals surface area contributed by atoms with Crippen molar-refractivity contribution in [3.8, 4) is 11.1 Å². The van der Waals surface area contributed by atoms with Crippen LogP contribution in [0.5, 0.6) is 0 Å². The van der Waals surface area contributed by atoms with E-state index in [0.29, 0.717) is 0 Å². The molecule has 1 N–H and O–H groups in total. The molecule has 0 saturated heterocycles. The standard InChI is InChI=1S/C16H14O2/c1-10-12-6-2-3-7-13(12)14-8-4-5-11(16(10)14)9-15(17)18/h2-8,10H,9H2,1H3,(H,17,18). The highest BCUT2D eigenvalue weighted by Crippen LogP contribution is 2.45. The van der Waals surface area contributed by atoms with E-state index < -0.39 is 5.97 Å². The van der Waals surface area contributed by atoms with E-state index in [0.717, 1.165) is 5.56 Å². The average Bonchev–Trinajstić information content (AvgIpc) is 2.65. The number of hydrogen-bond donors (Lipinski definition) is 1. The Morgan fingerprint density at radius 1 is 1.11 bits per heavy atom. The van der Waals surface area contributed by atoms with Crippen LogP contribution in [-0.4, -0.2) is 11.1 Å². The molecule has 3 rings (SSSR count). The van der Waals surface area contributed by atoms with Crippen LogP contribution in [0.2, 0.25) is 0 Å². The number of aliphatic carboxylic acids is 1. The predicted molar refractivity (Wildman–Crippen MR) is 70.7 cm³/mol. The fraction of sp³-hybridized carbons (Fsp3) is 0.188. The van der Waals surface area contributed by atoms with Crippen LogP contribution in [0.3, 0.4) is 0 Å². The van der Waals surface area contributed by atoms with Gasteiger partial charge in [-0.2, -0.15) is 0 Å². The zero-order chi connectivity index (χ0) is 12.7. The summed E-state index contributed by atoms with van der Waals surface area (Å²) in [6.07, 6.45) is 0.0987. The minimum atomic E-state index is -0.772. The molecule has 0 aliphatic heterocycles. The SMILES string of the molecule is CC1c2ccccc2-c2cccc(CC(=O)O)c21. The van der Waals surface area contributed by atoms with E-state index in [1.165, 1.54) is 22.3 Å². The number of carboxylic acids is 1. The van der Waals surface area contributed by atoms with Crippen molar-refractivity contribution < 1.29 is 9.90 Å². The highest BCUT2D eigenvalue weighted by Gasteiger charge is 2.27. The molecule has 1 aliphatic rings. The van der Waals surface area contributed by atoms with E-state index in [1.807, 2.05) is 24.3 Å². The second-order valence-electron chi connectivity index (χ2n) is 4.76. The van der Waals surface area contributed by atoms with Gasteiger partial charge in [0.05, 0.1) is 6.42 Å². The molecule has 2 heteroatoms. The first-order valence-corrected chi connectivity index (χ1v) is 6.11. The topological polar surface area (TPSA) is 37.3 Å². The summed E-state index contributed by atoms with van der Waals surface area (Å²) >= 11 is 0. The van der Waals surface area contributed by atoms with Gasteiger partial charge in [0.15, 0.2) is 0 Å². The van der Waals surface area contributed by atoms with Crippen molar-refractivity contribution in [2.45, 2.75) is 19.3 Å². The van der Waals surface area contributed by atoms with Crippen molar-refractivity contribution in [1.82, 2.24) is 0 Å². The van der Waals surface area contributed by atoms with Gasteiger partial charge in [0.25, 0.3) is 0 Å². The van der Waals surface area contributed by atoms with Gasteiger partial charge in [0.1, 0.15) is 0 Å². The zero-order valence-electron chi connectivity index (χ0n) is 10.2. The first kappa shape index (κ1) is 11.0. The molecule has 0 radical (unpaired) electrons. The van der Waals surface area contributed by atoms with Crippen molar-refractivity contribution in [3.05, 3.63) is 59.2 Å². The fourth-order valence-corrected chi connectivity index (χ4v) is 2.95. The average molecular weight is 238 g/mol. The zero-order valence-corrected chi connectivity index (χ0v) is 10.2. The summed E-state index contributed by atoms with van der Waals surface area (Å²) in [5.41, 5.74) is 5.85. The smallest absolute Gasteiger partial charge is 0.307 e. The van der Waals surface area contributed by atoms with Gasteiger partial charge in [0, 0.05) is 5.92 Å². The molecule has 0 saturated carbocycles. The minimum absolute atomic E-state index is 0.0987. The largest absolute Gasteiger partial charge is 0.481 e. The van der Waals surface area contributed by atoms with Crippen LogP contribution in [0.4, 0.5) is 0 Å². The van der Waals surface area contributed by atoms with Crippen molar-refractivity contribution in [2.75, 3.05) is 0 Å². The molecule has 90 valence electrons. The first-order valence-electron chi connectivity index (χ1n) is 6.11. The molecule has 0 amide bonds. The van der Waals surface area contributed by atoms with Gasteiger partial charge in [-0.25, -0.2) is 0 Å². The van der Waals surface area contributed by atoms with Gasteiger partial charge in [-0.15, -0.1) is 0 Å². The van der Waals surface area contributed by atoms with Gasteiger partial charge in [0.2, 0.25) is 0 Å². The van der Waals surface area contributed by atoms with Crippen LogP contribution in [-0.2, 0) is 11.2 Å². The van der Waals surface area contributed by atoms with Crippen LogP contribution < -0.4 is 0 Å². The van der Waals surface area contributed by atoms with E-state index in [4.69, 9.17) is 5.11 Å². The van der Waals surface area contributed by atoms with Gasteiger partial charge in [-0.05, 0) is 27.8 Å². The third-order valence-corrected chi connectivity index (χ3v) is 3.69. The fourth-order valence-electron chi connectivity index (χ4n) is 2.95. The van der Waals surface area contributed by atoms with Gasteiger partial charge in [-0.3, -0.25) is 4.79 Å². The highest BCUT2D eigenvalue weighted by atomic mass is 16.4. The van der Waals surface area contributed by atoms with Crippen molar-refractivity contribution >= 4 is 5.97 Å². The lowest BCUT2D eigenvalue weighted by molar-refractivity contribution is -0.136. The monoisotopic (exact) mass is 238 g/mol. The third kappa shape index (κ3) is 1.53. The Bertz CT molecular complexity index is 629. The Hall–Kier alpha value is -2.09. The Morgan fingerprint density at radius 3 is 2.61 bits per heavy atom. The summed E-state index contributed by atoms with van der Waals surface area (Å²) in [4.78, 5) is 10.9. The molecule has 0 spiro atoms. The Balaban J connectivity index is 2.21. The van der Waals surface area contributed by atoms with Crippen LogP contribution >= 0.6 is 0 Å². The lowest BCUT2D eigenvalue weighted by atomic mass is 9.93. The molecule has 1 aliphatic carbocycles. The summed E-state index contributed by atoms with van der Waals surface area (Å²) in [7, 11) is 0. The van der Waals surface area contributed by atoms with Gasteiger partial charge in [-0.1, -0.05) is 49.4 Å². The van der Waals surface area contributed by atoms with Crippen LogP contribution in [0.1, 0.15) is 29.5 Å². The molecule has 1 atom stereocenters. The Morgan fingerprint density at radius 2 is 1.83 bits per heavy atom. The van der Waals surface area contributed by atoms with Crippen LogP contribution in [0.25, 0.3) is 11.1 Å². The van der Waals surface area contributed by atoms with Crippen LogP contribution in [0.15, 0.2) is 42.5 Å². The van der Waals surface area contributed by atoms with Crippen LogP contribution in [0, 0.1) is 0 Å². The van der Waals surface area contributed by atoms with Crippen molar-refractivity contribution in [1.29, 1.82) is 0 Å². The molecular weight excluding hydrogens is 224 g/mol. The minimum Gasteiger partial charge on any atom is -0.481 e. The van der Waals surface area contributed by atoms with Crippen molar-refractivity contribution in [2.24, 2.45) is 0 Å². The van der Waals surface area contributed by atoms with E-state index in [2.05, 4.69) is 25.1 Å². The quantitative estimate of drug-likeness (QED) is 0.870. The molecular formula is C16H14O2. The third-order valence-electron chi connectivity index (χ3n) is 3.69. The molecule has 2 aromatic rings. The summed E-state index contributed by atoms with van der Waals surface area (Å²) in [5, 5.41) is 9.00. The van der Waals surface area contributed by atoms with Gasteiger partial charge >= 0.3 is 5.97 Å². The number of hydrogen-bond acceptors (Lipinski definition) is 1. The van der Waals surface area contributed by atoms with E-state index in [-0.39, 0.29) is 12.3 Å². The maximum absolute atomic E-state index is 10.9. The number of benzene rings is 2. The maximum atomic E-state index is 10.9. The molecule has 1 unspecified atom stereocenters. The van der Waals surface area contributed by atoms with Crippen molar-refractivity contribution in [3.63, 3.8) is 0 Å². The molecule has 18 heavy (non-hydrogen) atoms. The van der Waals surface area contributed by atoms with Gasteiger partial charge < -0.3 is 5.11 Å². The maximum Gasteiger partial charge on any atom is 0.307 e. The van der Waals surface area contributed by atoms with E-state index >= 15 is 0 Å². The normalized spacial score (nSPS) is 16.2. The number of carboxylic acid groups (broad SMARTS) is 1. The van der Waals surface area contributed by atoms with E-state index in [1.54, 1.807) is 0 Å². The Labute approximate surface area is 106 Å². The highest BCUT2D eigenvalue weighted by molar-refractivity contribution is 5.82. The summed E-state index contributed by atoms with van der Waals surface area (Å²) < 4.78 is 0. The molecule has 0 bridgehead atoms. The second-order valence-corrected chi connectivity index (χ2v) is 4.76. The molecule has 0 heterocycles. The summed E-state index contributed by atoms with van der Waals surface area (Å²) in [6.45, 7) is 2.15. The summed E-state index contributed by atoms with van der Waals surface area (Å²) in [6, 6.07) is 14.3. The number of fused-ring (bicyclic) bond motifs is 3. The Kier molecular flexibility index (Phi) is 2.44. The number of rotatable bonds is 2. The lowest BCUT2D eigenvalue weighted by Crippen LogP contribution is -2.04. The predicted octanol–water partition coefficient (Wildman–Crippen LogP) is 3.45. The second kappa shape index (κ2) is 3.98. The summed E-state index contributed by atoms with van der Waals surface area (Å²) in [5.74, 6) is -0.488. The first-order chi connectivity index (χ1) is 8.68. The number of carbonyl (C=O) groups is 1. The molecule has 2 aromatic carbocycles. The van der Waals surface area contributed by atoms with E-state index in [9.17, 15) is 4.79 Å².